The van der Waals surface area contributed by atoms with Gasteiger partial charge < -0.3 is 10.5 Å². The fourth-order valence-corrected chi connectivity index (χ4v) is 4.35. The van der Waals surface area contributed by atoms with Crippen molar-refractivity contribution in [1.82, 2.24) is 4.31 Å². The molecule has 7 heteroatoms. The summed E-state index contributed by atoms with van der Waals surface area (Å²) in [7, 11) is -3.48. The van der Waals surface area contributed by atoms with E-state index in [0.717, 1.165) is 0 Å². The predicted octanol–water partition coefficient (Wildman–Crippen LogP) is 1.44. The van der Waals surface area contributed by atoms with Crippen molar-refractivity contribution >= 4 is 31.6 Å². The summed E-state index contributed by atoms with van der Waals surface area (Å²) in [4.78, 5) is 0.249. The topological polar surface area (TPSA) is 72.6 Å². The minimum atomic E-state index is -3.48. The van der Waals surface area contributed by atoms with Crippen LogP contribution in [0, 0.1) is 0 Å². The highest BCUT2D eigenvalue weighted by atomic mass is 79.9. The van der Waals surface area contributed by atoms with Crippen molar-refractivity contribution in [2.45, 2.75) is 11.3 Å². The molecule has 1 aromatic carbocycles. The van der Waals surface area contributed by atoms with Crippen LogP contribution in [0.4, 0.5) is 5.69 Å². The van der Waals surface area contributed by atoms with Gasteiger partial charge in [-0.15, -0.1) is 0 Å². The third-order valence-corrected chi connectivity index (χ3v) is 5.63. The van der Waals surface area contributed by atoms with E-state index < -0.39 is 10.0 Å². The Hall–Kier alpha value is -0.630. The van der Waals surface area contributed by atoms with E-state index in [0.29, 0.717) is 42.9 Å². The summed E-state index contributed by atoms with van der Waals surface area (Å²) in [6, 6.07) is 4.72. The van der Waals surface area contributed by atoms with E-state index in [1.54, 1.807) is 12.1 Å². The lowest BCUT2D eigenvalue weighted by Crippen LogP contribution is -2.33. The van der Waals surface area contributed by atoms with E-state index in [4.69, 9.17) is 10.5 Å². The largest absolute Gasteiger partial charge is 0.399 e. The third kappa shape index (κ3) is 2.85. The number of sulfonamides is 1. The Morgan fingerprint density at radius 3 is 2.78 bits per heavy atom. The Bertz CT molecular complexity index is 525. The highest BCUT2D eigenvalue weighted by Gasteiger charge is 2.27. The van der Waals surface area contributed by atoms with Gasteiger partial charge in [0.05, 0.1) is 11.5 Å². The van der Waals surface area contributed by atoms with Crippen molar-refractivity contribution in [2.24, 2.45) is 0 Å². The SMILES string of the molecule is Nc1ccc(S(=O)(=O)N2CCCOCC2)c(Br)c1. The van der Waals surface area contributed by atoms with E-state index in [1.807, 2.05) is 0 Å². The zero-order valence-corrected chi connectivity index (χ0v) is 12.2. The zero-order chi connectivity index (χ0) is 13.2. The summed E-state index contributed by atoms with van der Waals surface area (Å²) in [5.74, 6) is 0. The Morgan fingerprint density at radius 1 is 1.28 bits per heavy atom. The van der Waals surface area contributed by atoms with Crippen molar-refractivity contribution in [3.8, 4) is 0 Å². The summed E-state index contributed by atoms with van der Waals surface area (Å²) in [6.07, 6.45) is 0.714. The maximum absolute atomic E-state index is 12.5. The van der Waals surface area contributed by atoms with Crippen molar-refractivity contribution < 1.29 is 13.2 Å². The number of anilines is 1. The van der Waals surface area contributed by atoms with E-state index in [-0.39, 0.29) is 4.90 Å². The van der Waals surface area contributed by atoms with Crippen LogP contribution in [-0.4, -0.2) is 39.0 Å². The molecule has 1 fully saturated rings. The number of nitrogens with zero attached hydrogens (tertiary/aromatic N) is 1. The van der Waals surface area contributed by atoms with Crippen molar-refractivity contribution in [3.05, 3.63) is 22.7 Å². The molecule has 1 heterocycles. The lowest BCUT2D eigenvalue weighted by molar-refractivity contribution is 0.148. The molecule has 0 amide bonds. The first kappa shape index (κ1) is 13.8. The smallest absolute Gasteiger partial charge is 0.244 e. The van der Waals surface area contributed by atoms with E-state index in [2.05, 4.69) is 15.9 Å². The van der Waals surface area contributed by atoms with Crippen LogP contribution >= 0.6 is 15.9 Å². The van der Waals surface area contributed by atoms with Crippen LogP contribution in [0.3, 0.4) is 0 Å². The molecule has 0 aliphatic carbocycles. The number of halogens is 1. The van der Waals surface area contributed by atoms with E-state index in [1.165, 1.54) is 10.4 Å². The lowest BCUT2D eigenvalue weighted by Gasteiger charge is -2.20. The molecule has 1 aliphatic rings. The molecule has 0 saturated carbocycles. The van der Waals surface area contributed by atoms with Crippen LogP contribution in [0.25, 0.3) is 0 Å². The standard InChI is InChI=1S/C11H15BrN2O3S/c12-10-8-9(13)2-3-11(10)18(15,16)14-4-1-6-17-7-5-14/h2-3,8H,1,4-7,13H2. The number of nitrogen functional groups attached to an aromatic ring is 1. The van der Waals surface area contributed by atoms with Gasteiger partial charge in [0.1, 0.15) is 0 Å². The molecule has 1 saturated heterocycles. The van der Waals surface area contributed by atoms with E-state index >= 15 is 0 Å². The molecule has 0 spiro atoms. The number of hydrogen-bond donors (Lipinski definition) is 1. The molecule has 0 aromatic heterocycles. The molecule has 0 unspecified atom stereocenters. The highest BCUT2D eigenvalue weighted by molar-refractivity contribution is 9.10. The molecule has 0 radical (unpaired) electrons. The van der Waals surface area contributed by atoms with Crippen LogP contribution in [0.1, 0.15) is 6.42 Å². The normalized spacial score (nSPS) is 18.5. The van der Waals surface area contributed by atoms with Crippen LogP contribution in [-0.2, 0) is 14.8 Å². The maximum atomic E-state index is 12.5. The number of hydrogen-bond acceptors (Lipinski definition) is 4. The first-order chi connectivity index (χ1) is 8.51. The average molecular weight is 335 g/mol. The van der Waals surface area contributed by atoms with Gasteiger partial charge in [0, 0.05) is 29.9 Å². The average Bonchev–Trinajstić information content (AvgIpc) is 2.57. The number of nitrogens with two attached hydrogens (primary N) is 1. The number of rotatable bonds is 2. The molecule has 18 heavy (non-hydrogen) atoms. The molecule has 0 bridgehead atoms. The zero-order valence-electron chi connectivity index (χ0n) is 9.80. The van der Waals surface area contributed by atoms with Gasteiger partial charge in [-0.25, -0.2) is 8.42 Å². The van der Waals surface area contributed by atoms with Gasteiger partial charge in [-0.1, -0.05) is 0 Å². The van der Waals surface area contributed by atoms with Crippen LogP contribution < -0.4 is 5.73 Å². The van der Waals surface area contributed by atoms with Crippen LogP contribution in [0.2, 0.25) is 0 Å². The molecule has 100 valence electrons. The molecular formula is C11H15BrN2O3S. The van der Waals surface area contributed by atoms with Crippen molar-refractivity contribution in [1.29, 1.82) is 0 Å². The maximum Gasteiger partial charge on any atom is 0.244 e. The fourth-order valence-electron chi connectivity index (χ4n) is 1.83. The predicted molar refractivity (Wildman–Crippen MR) is 72.7 cm³/mol. The summed E-state index contributed by atoms with van der Waals surface area (Å²) in [5, 5.41) is 0. The van der Waals surface area contributed by atoms with Crippen molar-refractivity contribution in [3.63, 3.8) is 0 Å². The highest BCUT2D eigenvalue weighted by Crippen LogP contribution is 2.27. The summed E-state index contributed by atoms with van der Waals surface area (Å²) in [5.41, 5.74) is 6.14. The van der Waals surface area contributed by atoms with Gasteiger partial charge in [0.25, 0.3) is 0 Å². The summed E-state index contributed by atoms with van der Waals surface area (Å²) in [6.45, 7) is 1.92. The Balaban J connectivity index is 2.34. The molecule has 2 N–H and O–H groups in total. The Morgan fingerprint density at radius 2 is 2.06 bits per heavy atom. The van der Waals surface area contributed by atoms with Crippen molar-refractivity contribution in [2.75, 3.05) is 32.0 Å². The van der Waals surface area contributed by atoms with Crippen LogP contribution in [0.5, 0.6) is 0 Å². The quantitative estimate of drug-likeness (QED) is 0.830. The van der Waals surface area contributed by atoms with Gasteiger partial charge in [-0.3, -0.25) is 0 Å². The fraction of sp³-hybridized carbons (Fsp3) is 0.455. The monoisotopic (exact) mass is 334 g/mol. The minimum Gasteiger partial charge on any atom is -0.399 e. The van der Waals surface area contributed by atoms with Gasteiger partial charge >= 0.3 is 0 Å². The van der Waals surface area contributed by atoms with Gasteiger partial charge in [0.2, 0.25) is 10.0 Å². The Labute approximate surface area is 115 Å². The lowest BCUT2D eigenvalue weighted by atomic mass is 10.3. The second-order valence-electron chi connectivity index (χ2n) is 4.06. The number of ether oxygens (including phenoxy) is 1. The van der Waals surface area contributed by atoms with Gasteiger partial charge in [-0.2, -0.15) is 4.31 Å². The molecule has 0 atom stereocenters. The first-order valence-electron chi connectivity index (χ1n) is 5.65. The van der Waals surface area contributed by atoms with Gasteiger partial charge in [-0.05, 0) is 40.5 Å². The molecule has 2 rings (SSSR count). The molecular weight excluding hydrogens is 320 g/mol. The molecule has 1 aromatic rings. The van der Waals surface area contributed by atoms with E-state index in [9.17, 15) is 8.42 Å². The van der Waals surface area contributed by atoms with Crippen LogP contribution in [0.15, 0.2) is 27.6 Å². The summed E-state index contributed by atoms with van der Waals surface area (Å²) < 4.78 is 32.2. The molecule has 5 nitrogen and oxygen atoms in total. The minimum absolute atomic E-state index is 0.249. The third-order valence-electron chi connectivity index (χ3n) is 2.75. The first-order valence-corrected chi connectivity index (χ1v) is 7.88. The Kier molecular flexibility index (Phi) is 4.26. The van der Waals surface area contributed by atoms with Gasteiger partial charge in [0.15, 0.2) is 0 Å². The summed E-state index contributed by atoms with van der Waals surface area (Å²) >= 11 is 3.25. The molecule has 1 aliphatic heterocycles. The second kappa shape index (κ2) is 5.56. The second-order valence-corrected chi connectivity index (χ2v) is 6.82. The number of benzene rings is 1.